The van der Waals surface area contributed by atoms with E-state index in [0.29, 0.717) is 11.4 Å². The van der Waals surface area contributed by atoms with Crippen molar-refractivity contribution in [1.29, 1.82) is 0 Å². The summed E-state index contributed by atoms with van der Waals surface area (Å²) >= 11 is 3.17. The Labute approximate surface area is 125 Å². The van der Waals surface area contributed by atoms with Crippen molar-refractivity contribution in [3.05, 3.63) is 45.5 Å². The van der Waals surface area contributed by atoms with Gasteiger partial charge < -0.3 is 5.32 Å². The van der Waals surface area contributed by atoms with E-state index in [2.05, 4.69) is 10.3 Å². The summed E-state index contributed by atoms with van der Waals surface area (Å²) in [6.07, 6.45) is 2.68. The minimum atomic E-state index is -0.338. The van der Waals surface area contributed by atoms with Crippen LogP contribution >= 0.6 is 23.1 Å². The minimum Gasteiger partial charge on any atom is -0.379 e. The molecule has 5 nitrogen and oxygen atoms in total. The largest absolute Gasteiger partial charge is 0.379 e. The molecule has 1 aromatic carbocycles. The van der Waals surface area contributed by atoms with Gasteiger partial charge in [-0.1, -0.05) is 30.8 Å². The zero-order chi connectivity index (χ0) is 14.4. The molecule has 0 radical (unpaired) electrons. The molecule has 0 amide bonds. The quantitative estimate of drug-likeness (QED) is 0.472. The number of nitrogens with one attached hydrogen (secondary N) is 1. The second kappa shape index (κ2) is 7.25. The van der Waals surface area contributed by atoms with Crippen molar-refractivity contribution < 1.29 is 4.92 Å². The van der Waals surface area contributed by atoms with Gasteiger partial charge in [0.2, 0.25) is 0 Å². The van der Waals surface area contributed by atoms with Gasteiger partial charge in [0.1, 0.15) is 10.0 Å². The SMILES string of the molecule is CCCNc1c(CSc2nccs2)cccc1[N+](=O)[O-]. The topological polar surface area (TPSA) is 68.1 Å². The zero-order valence-corrected chi connectivity index (χ0v) is 12.7. The van der Waals surface area contributed by atoms with Gasteiger partial charge in [-0.25, -0.2) is 4.98 Å². The summed E-state index contributed by atoms with van der Waals surface area (Å²) in [4.78, 5) is 15.0. The first kappa shape index (κ1) is 14.8. The number of para-hydroxylation sites is 1. The maximum absolute atomic E-state index is 11.1. The first-order chi connectivity index (χ1) is 9.72. The summed E-state index contributed by atoms with van der Waals surface area (Å²) in [5.74, 6) is 0.668. The standard InChI is InChI=1S/C13H15N3O2S2/c1-2-6-14-12-10(4-3-5-11(12)16(17)18)9-20-13-15-7-8-19-13/h3-5,7-8,14H,2,6,9H2,1H3. The number of nitro groups is 1. The molecule has 2 aromatic rings. The number of rotatable bonds is 7. The fourth-order valence-corrected chi connectivity index (χ4v) is 3.36. The summed E-state index contributed by atoms with van der Waals surface area (Å²) in [5.41, 5.74) is 1.70. The minimum absolute atomic E-state index is 0.135. The molecule has 106 valence electrons. The number of nitro benzene ring substituents is 1. The predicted octanol–water partition coefficient (Wildman–Crippen LogP) is 4.17. The Kier molecular flexibility index (Phi) is 5.37. The van der Waals surface area contributed by atoms with Crippen LogP contribution in [-0.4, -0.2) is 16.5 Å². The molecule has 0 bridgehead atoms. The molecule has 0 aliphatic rings. The fraction of sp³-hybridized carbons (Fsp3) is 0.308. The lowest BCUT2D eigenvalue weighted by atomic mass is 10.1. The molecule has 0 aliphatic heterocycles. The van der Waals surface area contributed by atoms with Gasteiger partial charge in [0, 0.05) is 29.9 Å². The van der Waals surface area contributed by atoms with Crippen molar-refractivity contribution in [2.45, 2.75) is 23.4 Å². The fourth-order valence-electron chi connectivity index (χ4n) is 1.73. The van der Waals surface area contributed by atoms with Gasteiger partial charge in [-0.3, -0.25) is 10.1 Å². The molecule has 0 unspecified atom stereocenters. The average molecular weight is 309 g/mol. The van der Waals surface area contributed by atoms with Crippen molar-refractivity contribution in [2.24, 2.45) is 0 Å². The molecule has 0 atom stereocenters. The highest BCUT2D eigenvalue weighted by molar-refractivity contribution is 8.00. The normalized spacial score (nSPS) is 10.4. The first-order valence-corrected chi connectivity index (χ1v) is 8.11. The number of hydrogen-bond acceptors (Lipinski definition) is 6. The third-order valence-electron chi connectivity index (χ3n) is 2.64. The Morgan fingerprint density at radius 3 is 3.00 bits per heavy atom. The van der Waals surface area contributed by atoms with E-state index in [-0.39, 0.29) is 10.6 Å². The van der Waals surface area contributed by atoms with E-state index in [1.54, 1.807) is 35.4 Å². The highest BCUT2D eigenvalue weighted by atomic mass is 32.2. The number of thioether (sulfide) groups is 1. The highest BCUT2D eigenvalue weighted by Crippen LogP contribution is 2.33. The van der Waals surface area contributed by atoms with Crippen LogP contribution in [0.2, 0.25) is 0 Å². The molecule has 20 heavy (non-hydrogen) atoms. The third-order valence-corrected chi connectivity index (χ3v) is 4.65. The molecule has 1 aromatic heterocycles. The molecule has 0 fully saturated rings. The summed E-state index contributed by atoms with van der Waals surface area (Å²) in [6, 6.07) is 5.19. The van der Waals surface area contributed by atoms with Crippen LogP contribution in [0.15, 0.2) is 34.1 Å². The second-order valence-electron chi connectivity index (χ2n) is 4.08. The number of benzene rings is 1. The lowest BCUT2D eigenvalue weighted by Gasteiger charge is -2.11. The lowest BCUT2D eigenvalue weighted by Crippen LogP contribution is -2.06. The number of anilines is 1. The Morgan fingerprint density at radius 2 is 2.35 bits per heavy atom. The van der Waals surface area contributed by atoms with E-state index < -0.39 is 0 Å². The van der Waals surface area contributed by atoms with E-state index in [1.165, 1.54) is 6.07 Å². The number of aromatic nitrogens is 1. The van der Waals surface area contributed by atoms with Crippen molar-refractivity contribution in [1.82, 2.24) is 4.98 Å². The summed E-state index contributed by atoms with van der Waals surface area (Å²) in [7, 11) is 0. The van der Waals surface area contributed by atoms with Gasteiger partial charge in [0.25, 0.3) is 5.69 Å². The van der Waals surface area contributed by atoms with E-state index >= 15 is 0 Å². The average Bonchev–Trinajstić information content (AvgIpc) is 2.96. The molecule has 1 N–H and O–H groups in total. The monoisotopic (exact) mass is 309 g/mol. The summed E-state index contributed by atoms with van der Waals surface area (Å²) in [5, 5.41) is 16.2. The van der Waals surface area contributed by atoms with Gasteiger partial charge in [-0.15, -0.1) is 11.3 Å². The van der Waals surface area contributed by atoms with Crippen molar-refractivity contribution >= 4 is 34.5 Å². The van der Waals surface area contributed by atoms with Gasteiger partial charge in [-0.05, 0) is 12.0 Å². The summed E-state index contributed by atoms with van der Waals surface area (Å²) in [6.45, 7) is 2.76. The smallest absolute Gasteiger partial charge is 0.292 e. The Hall–Kier alpha value is -1.60. The summed E-state index contributed by atoms with van der Waals surface area (Å²) < 4.78 is 0.970. The molecule has 2 rings (SSSR count). The second-order valence-corrected chi connectivity index (χ2v) is 6.20. The van der Waals surface area contributed by atoms with Crippen molar-refractivity contribution in [3.8, 4) is 0 Å². The van der Waals surface area contributed by atoms with Gasteiger partial charge >= 0.3 is 0 Å². The highest BCUT2D eigenvalue weighted by Gasteiger charge is 2.17. The van der Waals surface area contributed by atoms with E-state index in [9.17, 15) is 10.1 Å². The Bertz CT molecular complexity index is 573. The van der Waals surface area contributed by atoms with Crippen LogP contribution in [0.1, 0.15) is 18.9 Å². The molecular formula is C13H15N3O2S2. The maximum atomic E-state index is 11.1. The van der Waals surface area contributed by atoms with E-state index in [0.717, 1.165) is 22.9 Å². The molecule has 7 heteroatoms. The molecule has 0 saturated carbocycles. The maximum Gasteiger partial charge on any atom is 0.292 e. The van der Waals surface area contributed by atoms with E-state index in [1.807, 2.05) is 18.4 Å². The number of hydrogen-bond donors (Lipinski definition) is 1. The van der Waals surface area contributed by atoms with E-state index in [4.69, 9.17) is 0 Å². The van der Waals surface area contributed by atoms with Gasteiger partial charge in [-0.2, -0.15) is 0 Å². The molecule has 1 heterocycles. The molecule has 0 aliphatic carbocycles. The molecular weight excluding hydrogens is 294 g/mol. The van der Waals surface area contributed by atoms with Crippen LogP contribution in [0, 0.1) is 10.1 Å². The third kappa shape index (κ3) is 3.71. The van der Waals surface area contributed by atoms with Crippen LogP contribution in [0.5, 0.6) is 0 Å². The van der Waals surface area contributed by atoms with Crippen LogP contribution < -0.4 is 5.32 Å². The van der Waals surface area contributed by atoms with Crippen LogP contribution in [0.3, 0.4) is 0 Å². The zero-order valence-electron chi connectivity index (χ0n) is 11.0. The van der Waals surface area contributed by atoms with Crippen LogP contribution in [-0.2, 0) is 5.75 Å². The molecule has 0 spiro atoms. The van der Waals surface area contributed by atoms with Crippen molar-refractivity contribution in [2.75, 3.05) is 11.9 Å². The van der Waals surface area contributed by atoms with Crippen LogP contribution in [0.25, 0.3) is 0 Å². The van der Waals surface area contributed by atoms with Crippen molar-refractivity contribution in [3.63, 3.8) is 0 Å². The predicted molar refractivity (Wildman–Crippen MR) is 83.6 cm³/mol. The Morgan fingerprint density at radius 1 is 1.50 bits per heavy atom. The molecule has 0 saturated heterocycles. The van der Waals surface area contributed by atoms with Gasteiger partial charge in [0.05, 0.1) is 4.92 Å². The first-order valence-electron chi connectivity index (χ1n) is 6.24. The number of nitrogens with zero attached hydrogens (tertiary/aromatic N) is 2. The lowest BCUT2D eigenvalue weighted by molar-refractivity contribution is -0.384. The van der Waals surface area contributed by atoms with Gasteiger partial charge in [0.15, 0.2) is 0 Å². The Balaban J connectivity index is 2.21. The number of thiazole rings is 1. The van der Waals surface area contributed by atoms with Crippen LogP contribution in [0.4, 0.5) is 11.4 Å².